The van der Waals surface area contributed by atoms with Gasteiger partial charge < -0.3 is 5.32 Å². The van der Waals surface area contributed by atoms with Crippen LogP contribution in [-0.2, 0) is 0 Å². The van der Waals surface area contributed by atoms with Gasteiger partial charge in [0.25, 0.3) is 0 Å². The Bertz CT molecular complexity index is 350. The van der Waals surface area contributed by atoms with Crippen LogP contribution in [0.5, 0.6) is 0 Å². The second-order valence-corrected chi connectivity index (χ2v) is 5.13. The molecule has 0 aliphatic rings. The summed E-state index contributed by atoms with van der Waals surface area (Å²) in [6, 6.07) is 5.25. The molecule has 0 saturated heterocycles. The van der Waals surface area contributed by atoms with Gasteiger partial charge in [-0.2, -0.15) is 0 Å². The van der Waals surface area contributed by atoms with Crippen LogP contribution in [0.25, 0.3) is 0 Å². The van der Waals surface area contributed by atoms with E-state index < -0.39 is 0 Å². The number of hydrogen-bond donors (Lipinski definition) is 1. The fourth-order valence-corrected chi connectivity index (χ4v) is 2.86. The van der Waals surface area contributed by atoms with Crippen molar-refractivity contribution in [3.05, 3.63) is 34.1 Å². The Morgan fingerprint density at radius 2 is 1.88 bits per heavy atom. The summed E-state index contributed by atoms with van der Waals surface area (Å²) in [7, 11) is 0. The number of rotatable bonds is 6. The molecule has 0 spiro atoms. The molecule has 0 saturated carbocycles. The molecule has 0 aliphatic carbocycles. The van der Waals surface area contributed by atoms with Crippen molar-refractivity contribution < 1.29 is 4.39 Å². The highest BCUT2D eigenvalue weighted by Crippen LogP contribution is 2.32. The number of benzene rings is 1. The summed E-state index contributed by atoms with van der Waals surface area (Å²) in [5.74, 6) is 0.386. The van der Waals surface area contributed by atoms with Crippen LogP contribution in [0.15, 0.2) is 22.7 Å². The molecule has 1 unspecified atom stereocenters. The minimum absolute atomic E-state index is 0.194. The smallest absolute Gasteiger partial charge is 0.124 e. The predicted molar refractivity (Wildman–Crippen MR) is 74.6 cm³/mol. The van der Waals surface area contributed by atoms with Gasteiger partial charge in [0, 0.05) is 10.5 Å². The van der Waals surface area contributed by atoms with Crippen molar-refractivity contribution in [1.29, 1.82) is 0 Å². The molecule has 0 bridgehead atoms. The molecule has 1 atom stereocenters. The third-order valence-electron chi connectivity index (χ3n) is 3.24. The molecule has 0 heterocycles. The fourth-order valence-electron chi connectivity index (χ4n) is 2.26. The highest BCUT2D eigenvalue weighted by molar-refractivity contribution is 9.10. The Balaban J connectivity index is 3.03. The van der Waals surface area contributed by atoms with E-state index in [9.17, 15) is 4.39 Å². The summed E-state index contributed by atoms with van der Waals surface area (Å²) in [6.07, 6.45) is 2.25. The lowest BCUT2D eigenvalue weighted by Crippen LogP contribution is -2.28. The van der Waals surface area contributed by atoms with Crippen LogP contribution in [-0.4, -0.2) is 6.54 Å². The van der Waals surface area contributed by atoms with Gasteiger partial charge in [-0.15, -0.1) is 0 Å². The van der Waals surface area contributed by atoms with E-state index in [1.807, 2.05) is 6.07 Å². The van der Waals surface area contributed by atoms with Gasteiger partial charge in [-0.1, -0.05) is 55.6 Å². The standard InChI is InChI=1S/C14H21BrFN/c1-4-10(5-2)14(17-6-3)12-8-7-11(16)9-13(12)15/h7-10,14,17H,4-6H2,1-3H3. The zero-order valence-electron chi connectivity index (χ0n) is 10.8. The molecule has 0 radical (unpaired) electrons. The Kier molecular flexibility index (Phi) is 6.14. The van der Waals surface area contributed by atoms with Gasteiger partial charge in [-0.25, -0.2) is 4.39 Å². The molecule has 0 aromatic heterocycles. The van der Waals surface area contributed by atoms with Gasteiger partial charge in [0.05, 0.1) is 0 Å². The molecule has 17 heavy (non-hydrogen) atoms. The van der Waals surface area contributed by atoms with Crippen LogP contribution in [0.4, 0.5) is 4.39 Å². The SMILES string of the molecule is CCNC(c1ccc(F)cc1Br)C(CC)CC. The van der Waals surface area contributed by atoms with Crippen molar-refractivity contribution in [2.75, 3.05) is 6.54 Å². The van der Waals surface area contributed by atoms with E-state index in [4.69, 9.17) is 0 Å². The monoisotopic (exact) mass is 301 g/mol. The lowest BCUT2D eigenvalue weighted by Gasteiger charge is -2.27. The number of nitrogens with one attached hydrogen (secondary N) is 1. The van der Waals surface area contributed by atoms with E-state index in [0.717, 1.165) is 29.4 Å². The molecule has 1 aromatic carbocycles. The van der Waals surface area contributed by atoms with E-state index in [1.165, 1.54) is 6.07 Å². The lowest BCUT2D eigenvalue weighted by molar-refractivity contribution is 0.345. The van der Waals surface area contributed by atoms with E-state index >= 15 is 0 Å². The molecule has 1 N–H and O–H groups in total. The van der Waals surface area contributed by atoms with E-state index in [0.29, 0.717) is 12.0 Å². The minimum Gasteiger partial charge on any atom is -0.310 e. The van der Waals surface area contributed by atoms with Crippen molar-refractivity contribution in [2.45, 2.75) is 39.7 Å². The van der Waals surface area contributed by atoms with Crippen LogP contribution >= 0.6 is 15.9 Å². The number of hydrogen-bond acceptors (Lipinski definition) is 1. The third-order valence-corrected chi connectivity index (χ3v) is 3.93. The Morgan fingerprint density at radius 3 is 2.35 bits per heavy atom. The summed E-state index contributed by atoms with van der Waals surface area (Å²) in [6.45, 7) is 7.43. The lowest BCUT2D eigenvalue weighted by atomic mass is 9.89. The Labute approximate surface area is 112 Å². The first-order valence-corrected chi connectivity index (χ1v) is 7.11. The van der Waals surface area contributed by atoms with E-state index in [1.54, 1.807) is 6.07 Å². The fraction of sp³-hybridized carbons (Fsp3) is 0.571. The topological polar surface area (TPSA) is 12.0 Å². The first-order chi connectivity index (χ1) is 8.13. The number of halogens is 2. The molecule has 96 valence electrons. The average molecular weight is 302 g/mol. The summed E-state index contributed by atoms with van der Waals surface area (Å²) in [5.41, 5.74) is 1.15. The third kappa shape index (κ3) is 3.78. The highest BCUT2D eigenvalue weighted by Gasteiger charge is 2.21. The Hall–Kier alpha value is -0.410. The van der Waals surface area contributed by atoms with Crippen LogP contribution in [0, 0.1) is 11.7 Å². The molecular weight excluding hydrogens is 281 g/mol. The van der Waals surface area contributed by atoms with Crippen molar-refractivity contribution >= 4 is 15.9 Å². The van der Waals surface area contributed by atoms with Crippen LogP contribution in [0.1, 0.15) is 45.2 Å². The van der Waals surface area contributed by atoms with Gasteiger partial charge in [-0.05, 0) is 30.2 Å². The van der Waals surface area contributed by atoms with E-state index in [-0.39, 0.29) is 5.82 Å². The van der Waals surface area contributed by atoms with Crippen molar-refractivity contribution in [3.8, 4) is 0 Å². The first-order valence-electron chi connectivity index (χ1n) is 6.32. The van der Waals surface area contributed by atoms with Crippen LogP contribution in [0.3, 0.4) is 0 Å². The van der Waals surface area contributed by atoms with Gasteiger partial charge in [-0.3, -0.25) is 0 Å². The largest absolute Gasteiger partial charge is 0.310 e. The predicted octanol–water partition coefficient (Wildman–Crippen LogP) is 4.68. The second kappa shape index (κ2) is 7.12. The Morgan fingerprint density at radius 1 is 1.24 bits per heavy atom. The highest BCUT2D eigenvalue weighted by atomic mass is 79.9. The molecular formula is C14H21BrFN. The zero-order valence-corrected chi connectivity index (χ0v) is 12.3. The van der Waals surface area contributed by atoms with Gasteiger partial charge in [0.1, 0.15) is 5.82 Å². The molecule has 0 amide bonds. The molecule has 1 rings (SSSR count). The average Bonchev–Trinajstić information content (AvgIpc) is 2.30. The molecule has 1 nitrogen and oxygen atoms in total. The molecule has 0 fully saturated rings. The van der Waals surface area contributed by atoms with Gasteiger partial charge in [0.2, 0.25) is 0 Å². The minimum atomic E-state index is -0.194. The van der Waals surface area contributed by atoms with Crippen molar-refractivity contribution in [2.24, 2.45) is 5.92 Å². The zero-order chi connectivity index (χ0) is 12.8. The summed E-state index contributed by atoms with van der Waals surface area (Å²) in [4.78, 5) is 0. The van der Waals surface area contributed by atoms with Gasteiger partial charge >= 0.3 is 0 Å². The first kappa shape index (κ1) is 14.7. The normalized spacial score (nSPS) is 13.1. The van der Waals surface area contributed by atoms with Crippen LogP contribution < -0.4 is 5.32 Å². The van der Waals surface area contributed by atoms with Crippen molar-refractivity contribution in [3.63, 3.8) is 0 Å². The van der Waals surface area contributed by atoms with Gasteiger partial charge in [0.15, 0.2) is 0 Å². The summed E-state index contributed by atoms with van der Waals surface area (Å²) >= 11 is 3.46. The molecule has 3 heteroatoms. The maximum absolute atomic E-state index is 13.1. The summed E-state index contributed by atoms with van der Waals surface area (Å²) < 4.78 is 14.0. The maximum Gasteiger partial charge on any atom is 0.124 e. The molecule has 1 aromatic rings. The van der Waals surface area contributed by atoms with Crippen molar-refractivity contribution in [1.82, 2.24) is 5.32 Å². The quantitative estimate of drug-likeness (QED) is 0.805. The second-order valence-electron chi connectivity index (χ2n) is 4.28. The summed E-state index contributed by atoms with van der Waals surface area (Å²) in [5, 5.41) is 3.51. The van der Waals surface area contributed by atoms with Crippen LogP contribution in [0.2, 0.25) is 0 Å². The maximum atomic E-state index is 13.1. The van der Waals surface area contributed by atoms with E-state index in [2.05, 4.69) is 42.0 Å². The molecule has 0 aliphatic heterocycles.